The Labute approximate surface area is 152 Å². The van der Waals surface area contributed by atoms with Crippen molar-refractivity contribution in [1.29, 1.82) is 0 Å². The van der Waals surface area contributed by atoms with Gasteiger partial charge in [-0.25, -0.2) is 4.79 Å². The van der Waals surface area contributed by atoms with Gasteiger partial charge in [-0.2, -0.15) is 0 Å². The number of aryl methyl sites for hydroxylation is 2. The van der Waals surface area contributed by atoms with E-state index in [0.29, 0.717) is 16.9 Å². The molecule has 0 saturated carbocycles. The molecule has 4 heteroatoms. The van der Waals surface area contributed by atoms with E-state index in [0.717, 1.165) is 35.8 Å². The molecule has 0 N–H and O–H groups in total. The van der Waals surface area contributed by atoms with Gasteiger partial charge < -0.3 is 9.15 Å². The number of ketones is 1. The molecule has 0 aliphatic heterocycles. The lowest BCUT2D eigenvalue weighted by atomic mass is 10.0. The van der Waals surface area contributed by atoms with E-state index < -0.39 is 0 Å². The summed E-state index contributed by atoms with van der Waals surface area (Å²) in [6, 6.07) is 14.3. The number of benzene rings is 2. The summed E-state index contributed by atoms with van der Waals surface area (Å²) in [7, 11) is 0. The van der Waals surface area contributed by atoms with Gasteiger partial charge in [0.2, 0.25) is 0 Å². The molecule has 0 spiro atoms. The summed E-state index contributed by atoms with van der Waals surface area (Å²) in [5.74, 6) is 0.492. The standard InChI is InChI=1S/C22H22O4/c1-3-4-8-17-13-21(24)26-20-12-15(2)11-19(22(17)20)25-14-18(23)16-9-6-5-7-10-16/h5-7,9-13H,3-4,8,14H2,1-2H3. The van der Waals surface area contributed by atoms with E-state index in [9.17, 15) is 9.59 Å². The Balaban J connectivity index is 1.96. The Morgan fingerprint density at radius 3 is 2.62 bits per heavy atom. The average Bonchev–Trinajstić information content (AvgIpc) is 2.64. The molecule has 0 saturated heterocycles. The predicted octanol–water partition coefficient (Wildman–Crippen LogP) is 4.71. The van der Waals surface area contributed by atoms with Crippen LogP contribution >= 0.6 is 0 Å². The monoisotopic (exact) mass is 350 g/mol. The molecule has 0 unspecified atom stereocenters. The minimum absolute atomic E-state index is 0.0606. The van der Waals surface area contributed by atoms with E-state index >= 15 is 0 Å². The maximum atomic E-state index is 12.4. The van der Waals surface area contributed by atoms with Crippen LogP contribution in [-0.2, 0) is 6.42 Å². The number of carbonyl (C=O) groups is 1. The maximum absolute atomic E-state index is 12.4. The lowest BCUT2D eigenvalue weighted by Crippen LogP contribution is -2.12. The molecular formula is C22H22O4. The first kappa shape index (κ1) is 17.9. The van der Waals surface area contributed by atoms with Crippen LogP contribution in [-0.4, -0.2) is 12.4 Å². The van der Waals surface area contributed by atoms with Gasteiger partial charge in [-0.05, 0) is 43.0 Å². The van der Waals surface area contributed by atoms with Gasteiger partial charge in [-0.15, -0.1) is 0 Å². The molecule has 0 amide bonds. The van der Waals surface area contributed by atoms with Crippen molar-refractivity contribution in [2.45, 2.75) is 33.1 Å². The van der Waals surface area contributed by atoms with Crippen molar-refractivity contribution in [2.75, 3.05) is 6.61 Å². The molecule has 3 aromatic rings. The number of Topliss-reactive ketones (excluding diaryl/α,β-unsaturated/α-hetero) is 1. The topological polar surface area (TPSA) is 56.5 Å². The summed E-state index contributed by atoms with van der Waals surface area (Å²) >= 11 is 0. The van der Waals surface area contributed by atoms with Crippen molar-refractivity contribution in [3.63, 3.8) is 0 Å². The Morgan fingerprint density at radius 1 is 1.12 bits per heavy atom. The second-order valence-corrected chi connectivity index (χ2v) is 6.41. The first-order valence-corrected chi connectivity index (χ1v) is 8.87. The molecule has 0 aliphatic rings. The smallest absolute Gasteiger partial charge is 0.336 e. The second-order valence-electron chi connectivity index (χ2n) is 6.41. The van der Waals surface area contributed by atoms with E-state index in [4.69, 9.17) is 9.15 Å². The van der Waals surface area contributed by atoms with E-state index in [1.807, 2.05) is 37.3 Å². The zero-order valence-electron chi connectivity index (χ0n) is 15.1. The predicted molar refractivity (Wildman–Crippen MR) is 102 cm³/mol. The van der Waals surface area contributed by atoms with Crippen molar-refractivity contribution in [2.24, 2.45) is 0 Å². The Hall–Kier alpha value is -2.88. The molecule has 26 heavy (non-hydrogen) atoms. The largest absolute Gasteiger partial charge is 0.485 e. The molecule has 1 heterocycles. The van der Waals surface area contributed by atoms with Crippen LogP contribution < -0.4 is 10.4 Å². The minimum Gasteiger partial charge on any atom is -0.485 e. The first-order valence-electron chi connectivity index (χ1n) is 8.87. The van der Waals surface area contributed by atoms with Crippen molar-refractivity contribution in [1.82, 2.24) is 0 Å². The zero-order valence-corrected chi connectivity index (χ0v) is 15.1. The van der Waals surface area contributed by atoms with Crippen molar-refractivity contribution in [3.8, 4) is 5.75 Å². The number of unbranched alkanes of at least 4 members (excludes halogenated alkanes) is 1. The highest BCUT2D eigenvalue weighted by Gasteiger charge is 2.14. The molecule has 3 rings (SSSR count). The average molecular weight is 350 g/mol. The molecular weight excluding hydrogens is 328 g/mol. The van der Waals surface area contributed by atoms with Crippen LogP contribution in [0.3, 0.4) is 0 Å². The molecule has 0 fully saturated rings. The van der Waals surface area contributed by atoms with E-state index in [-0.39, 0.29) is 18.0 Å². The lowest BCUT2D eigenvalue weighted by molar-refractivity contribution is 0.0922. The van der Waals surface area contributed by atoms with Gasteiger partial charge in [0.1, 0.15) is 11.3 Å². The summed E-state index contributed by atoms with van der Waals surface area (Å²) in [5, 5.41) is 0.782. The van der Waals surface area contributed by atoms with Crippen LogP contribution in [0, 0.1) is 6.92 Å². The molecule has 0 radical (unpaired) electrons. The fourth-order valence-corrected chi connectivity index (χ4v) is 3.00. The summed E-state index contributed by atoms with van der Waals surface area (Å²) in [4.78, 5) is 24.2. The number of hydrogen-bond donors (Lipinski definition) is 0. The van der Waals surface area contributed by atoms with Crippen LogP contribution in [0.5, 0.6) is 5.75 Å². The highest BCUT2D eigenvalue weighted by Crippen LogP contribution is 2.31. The summed E-state index contributed by atoms with van der Waals surface area (Å²) in [6.45, 7) is 3.95. The van der Waals surface area contributed by atoms with Gasteiger partial charge in [0.25, 0.3) is 0 Å². The lowest BCUT2D eigenvalue weighted by Gasteiger charge is -2.13. The van der Waals surface area contributed by atoms with E-state index in [1.54, 1.807) is 12.1 Å². The molecule has 0 atom stereocenters. The van der Waals surface area contributed by atoms with E-state index in [2.05, 4.69) is 6.92 Å². The molecule has 1 aromatic heterocycles. The molecule has 0 aliphatic carbocycles. The van der Waals surface area contributed by atoms with Crippen LogP contribution in [0.25, 0.3) is 11.0 Å². The molecule has 2 aromatic carbocycles. The van der Waals surface area contributed by atoms with Crippen LogP contribution in [0.4, 0.5) is 0 Å². The fraction of sp³-hybridized carbons (Fsp3) is 0.273. The number of carbonyl (C=O) groups excluding carboxylic acids is 1. The summed E-state index contributed by atoms with van der Waals surface area (Å²) in [5.41, 5.74) is 2.57. The van der Waals surface area contributed by atoms with Gasteiger partial charge >= 0.3 is 5.63 Å². The summed E-state index contributed by atoms with van der Waals surface area (Å²) < 4.78 is 11.2. The SMILES string of the molecule is CCCCc1cc(=O)oc2cc(C)cc(OCC(=O)c3ccccc3)c12. The highest BCUT2D eigenvalue weighted by molar-refractivity contribution is 5.97. The van der Waals surface area contributed by atoms with Gasteiger partial charge in [-0.1, -0.05) is 43.7 Å². The summed E-state index contributed by atoms with van der Waals surface area (Å²) in [6.07, 6.45) is 2.76. The third kappa shape index (κ3) is 4.02. The molecule has 0 bridgehead atoms. The molecule has 134 valence electrons. The van der Waals surface area contributed by atoms with Gasteiger partial charge in [-0.3, -0.25) is 4.79 Å². The maximum Gasteiger partial charge on any atom is 0.336 e. The fourth-order valence-electron chi connectivity index (χ4n) is 3.00. The Morgan fingerprint density at radius 2 is 1.88 bits per heavy atom. The van der Waals surface area contributed by atoms with E-state index in [1.165, 1.54) is 6.07 Å². The van der Waals surface area contributed by atoms with Gasteiger partial charge in [0.05, 0.1) is 5.39 Å². The first-order chi connectivity index (χ1) is 12.6. The van der Waals surface area contributed by atoms with Crippen LogP contribution in [0.2, 0.25) is 0 Å². The van der Waals surface area contributed by atoms with Crippen LogP contribution in [0.15, 0.2) is 57.7 Å². The minimum atomic E-state index is -0.361. The third-order valence-corrected chi connectivity index (χ3v) is 4.29. The zero-order chi connectivity index (χ0) is 18.5. The van der Waals surface area contributed by atoms with Gasteiger partial charge in [0, 0.05) is 11.6 Å². The Bertz CT molecular complexity index is 971. The number of rotatable bonds is 7. The van der Waals surface area contributed by atoms with Crippen molar-refractivity contribution < 1.29 is 13.9 Å². The van der Waals surface area contributed by atoms with Crippen molar-refractivity contribution >= 4 is 16.8 Å². The van der Waals surface area contributed by atoms with Crippen LogP contribution in [0.1, 0.15) is 41.3 Å². The number of fused-ring (bicyclic) bond motifs is 1. The second kappa shape index (κ2) is 8.00. The quantitative estimate of drug-likeness (QED) is 0.457. The molecule has 4 nitrogen and oxygen atoms in total. The normalized spacial score (nSPS) is 10.8. The number of hydrogen-bond acceptors (Lipinski definition) is 4. The van der Waals surface area contributed by atoms with Gasteiger partial charge in [0.15, 0.2) is 12.4 Å². The third-order valence-electron chi connectivity index (χ3n) is 4.29. The Kier molecular flexibility index (Phi) is 5.52. The number of ether oxygens (including phenoxy) is 1. The highest BCUT2D eigenvalue weighted by atomic mass is 16.5. The van der Waals surface area contributed by atoms with Crippen molar-refractivity contribution in [3.05, 3.63) is 75.6 Å².